The minimum Gasteiger partial charge on any atom is -0.352 e. The van der Waals surface area contributed by atoms with Crippen LogP contribution in [-0.2, 0) is 28.7 Å². The van der Waals surface area contributed by atoms with Crippen LogP contribution in [0.4, 0.5) is 0 Å². The molecule has 0 aromatic rings. The Balaban J connectivity index is 1.71. The van der Waals surface area contributed by atoms with E-state index in [1.165, 1.54) is 24.4 Å². The molecule has 2 heterocycles. The number of hydrogen-bond acceptors (Lipinski definition) is 6. The van der Waals surface area contributed by atoms with E-state index in [1.54, 1.807) is 13.8 Å². The van der Waals surface area contributed by atoms with Gasteiger partial charge in [-0.05, 0) is 20.3 Å². The van der Waals surface area contributed by atoms with Crippen LogP contribution in [0.15, 0.2) is 24.4 Å². The molecule has 0 radical (unpaired) electrons. The first-order chi connectivity index (χ1) is 13.0. The summed E-state index contributed by atoms with van der Waals surface area (Å²) in [5.41, 5.74) is -0.505. The van der Waals surface area contributed by atoms with E-state index in [9.17, 15) is 19.2 Å². The lowest BCUT2D eigenvalue weighted by atomic mass is 9.85. The molecule has 0 aromatic heterocycles. The molecule has 2 N–H and O–H groups in total. The van der Waals surface area contributed by atoms with Crippen LogP contribution in [0.2, 0.25) is 0 Å². The van der Waals surface area contributed by atoms with Gasteiger partial charge < -0.3 is 20.1 Å². The first-order valence-electron chi connectivity index (χ1n) is 9.12. The number of carbonyl (C=O) groups is 4. The van der Waals surface area contributed by atoms with Crippen LogP contribution in [0.3, 0.4) is 0 Å². The van der Waals surface area contributed by atoms with Crippen LogP contribution < -0.4 is 10.6 Å². The molecule has 1 fully saturated rings. The minimum absolute atomic E-state index is 0.233. The lowest BCUT2D eigenvalue weighted by Crippen LogP contribution is -2.55. The predicted octanol–water partition coefficient (Wildman–Crippen LogP) is 0.225. The second kappa shape index (κ2) is 8.66. The molecule has 1 unspecified atom stereocenters. The highest BCUT2D eigenvalue weighted by Crippen LogP contribution is 2.34. The molecule has 0 saturated carbocycles. The summed E-state index contributed by atoms with van der Waals surface area (Å²) in [6.45, 7) is 8.12. The van der Waals surface area contributed by atoms with Gasteiger partial charge in [-0.1, -0.05) is 13.8 Å². The Morgan fingerprint density at radius 3 is 2.50 bits per heavy atom. The lowest BCUT2D eigenvalue weighted by Gasteiger charge is -2.44. The molecule has 0 aliphatic carbocycles. The monoisotopic (exact) mass is 393 g/mol. The number of amides is 4. The summed E-state index contributed by atoms with van der Waals surface area (Å²) in [7, 11) is 0. The van der Waals surface area contributed by atoms with Gasteiger partial charge in [-0.15, -0.1) is 0 Å². The van der Waals surface area contributed by atoms with Crippen LogP contribution in [-0.4, -0.2) is 60.1 Å². The predicted molar refractivity (Wildman–Crippen MR) is 99.5 cm³/mol. The average molecular weight is 393 g/mol. The van der Waals surface area contributed by atoms with Crippen molar-refractivity contribution in [2.75, 3.05) is 19.7 Å². The molecule has 1 saturated heterocycles. The van der Waals surface area contributed by atoms with Gasteiger partial charge in [-0.3, -0.25) is 24.1 Å². The first-order valence-corrected chi connectivity index (χ1v) is 9.12. The topological polar surface area (TPSA) is 114 Å². The standard InChI is InChI=1S/C19H27N3O6/c1-18(2)12-27-19(3,4)28-16(18)17(26)21-10-8-13(23)20-9-5-11-22-14(24)6-7-15(22)25/h6-8,10,16H,5,9,11-12H2,1-4H3,(H,20,23)(H,21,26). The van der Waals surface area contributed by atoms with Crippen LogP contribution in [0.5, 0.6) is 0 Å². The number of imide groups is 1. The van der Waals surface area contributed by atoms with Crippen molar-refractivity contribution in [3.8, 4) is 0 Å². The van der Waals surface area contributed by atoms with E-state index in [2.05, 4.69) is 10.6 Å². The molecule has 154 valence electrons. The van der Waals surface area contributed by atoms with Gasteiger partial charge in [0, 0.05) is 42.9 Å². The second-order valence-electron chi connectivity index (χ2n) is 7.82. The average Bonchev–Trinajstić information content (AvgIpc) is 2.92. The minimum atomic E-state index is -0.855. The van der Waals surface area contributed by atoms with E-state index >= 15 is 0 Å². The summed E-state index contributed by atoms with van der Waals surface area (Å²) >= 11 is 0. The van der Waals surface area contributed by atoms with Gasteiger partial charge in [0.25, 0.3) is 17.7 Å². The van der Waals surface area contributed by atoms with Crippen molar-refractivity contribution in [1.29, 1.82) is 0 Å². The molecule has 2 rings (SSSR count). The highest BCUT2D eigenvalue weighted by Gasteiger charge is 2.45. The molecule has 2 aliphatic heterocycles. The Morgan fingerprint density at radius 1 is 1.21 bits per heavy atom. The molecule has 0 spiro atoms. The summed E-state index contributed by atoms with van der Waals surface area (Å²) in [5, 5.41) is 5.18. The summed E-state index contributed by atoms with van der Waals surface area (Å²) in [6, 6.07) is 0. The lowest BCUT2D eigenvalue weighted by molar-refractivity contribution is -0.303. The van der Waals surface area contributed by atoms with E-state index < -0.39 is 23.2 Å². The number of carbonyl (C=O) groups excluding carboxylic acids is 4. The van der Waals surface area contributed by atoms with E-state index in [4.69, 9.17) is 9.47 Å². The molecule has 9 nitrogen and oxygen atoms in total. The maximum atomic E-state index is 12.4. The third-order valence-corrected chi connectivity index (χ3v) is 4.36. The smallest absolute Gasteiger partial charge is 0.253 e. The number of nitrogens with one attached hydrogen (secondary N) is 2. The maximum Gasteiger partial charge on any atom is 0.253 e. The van der Waals surface area contributed by atoms with Crippen LogP contribution in [0.1, 0.15) is 34.1 Å². The van der Waals surface area contributed by atoms with Gasteiger partial charge >= 0.3 is 0 Å². The summed E-state index contributed by atoms with van der Waals surface area (Å²) in [6.07, 6.45) is 4.62. The number of rotatable bonds is 7. The van der Waals surface area contributed by atoms with Crippen molar-refractivity contribution in [2.24, 2.45) is 5.41 Å². The van der Waals surface area contributed by atoms with E-state index in [0.717, 1.165) is 4.90 Å². The zero-order valence-corrected chi connectivity index (χ0v) is 16.6. The third kappa shape index (κ3) is 5.74. The largest absolute Gasteiger partial charge is 0.352 e. The Hall–Kier alpha value is -2.52. The van der Waals surface area contributed by atoms with E-state index in [0.29, 0.717) is 19.6 Å². The Kier molecular flexibility index (Phi) is 6.73. The zero-order chi connectivity index (χ0) is 20.9. The van der Waals surface area contributed by atoms with Gasteiger partial charge in [-0.25, -0.2) is 0 Å². The molecule has 4 amide bonds. The number of hydrogen-bond donors (Lipinski definition) is 2. The summed E-state index contributed by atoms with van der Waals surface area (Å²) in [5.74, 6) is -2.30. The molecule has 9 heteroatoms. The molecule has 2 aliphatic rings. The Bertz CT molecular complexity index is 692. The quantitative estimate of drug-likeness (QED) is 0.363. The van der Waals surface area contributed by atoms with Crippen LogP contribution >= 0.6 is 0 Å². The van der Waals surface area contributed by atoms with Gasteiger partial charge in [0.05, 0.1) is 6.61 Å². The SMILES string of the molecule is CC1(C)OCC(C)(C)C(C(=O)NC=CC(=O)NCCCN2C(=O)C=CC2=O)O1. The zero-order valence-electron chi connectivity index (χ0n) is 16.6. The molecular weight excluding hydrogens is 366 g/mol. The highest BCUT2D eigenvalue weighted by atomic mass is 16.7. The highest BCUT2D eigenvalue weighted by molar-refractivity contribution is 6.12. The fourth-order valence-electron chi connectivity index (χ4n) is 2.76. The van der Waals surface area contributed by atoms with Crippen LogP contribution in [0, 0.1) is 5.41 Å². The van der Waals surface area contributed by atoms with Gasteiger partial charge in [0.1, 0.15) is 6.10 Å². The van der Waals surface area contributed by atoms with Crippen molar-refractivity contribution in [3.05, 3.63) is 24.4 Å². The number of nitrogens with zero attached hydrogens (tertiary/aromatic N) is 1. The number of ether oxygens (including phenoxy) is 2. The molecular formula is C19H27N3O6. The Morgan fingerprint density at radius 2 is 1.86 bits per heavy atom. The summed E-state index contributed by atoms with van der Waals surface area (Å²) in [4.78, 5) is 48.1. The maximum absolute atomic E-state index is 12.4. The van der Waals surface area contributed by atoms with Gasteiger partial charge in [0.2, 0.25) is 5.91 Å². The van der Waals surface area contributed by atoms with E-state index in [-0.39, 0.29) is 24.3 Å². The fraction of sp³-hybridized carbons (Fsp3) is 0.579. The van der Waals surface area contributed by atoms with Crippen molar-refractivity contribution < 1.29 is 28.7 Å². The third-order valence-electron chi connectivity index (χ3n) is 4.36. The van der Waals surface area contributed by atoms with Crippen molar-refractivity contribution >= 4 is 23.6 Å². The van der Waals surface area contributed by atoms with Gasteiger partial charge in [0.15, 0.2) is 5.79 Å². The Labute approximate surface area is 164 Å². The molecule has 0 aromatic carbocycles. The van der Waals surface area contributed by atoms with E-state index in [1.807, 2.05) is 13.8 Å². The molecule has 0 bridgehead atoms. The normalized spacial score (nSPS) is 23.3. The van der Waals surface area contributed by atoms with Crippen molar-refractivity contribution in [1.82, 2.24) is 15.5 Å². The van der Waals surface area contributed by atoms with Gasteiger partial charge in [-0.2, -0.15) is 0 Å². The first kappa shape index (κ1) is 21.8. The van der Waals surface area contributed by atoms with Crippen molar-refractivity contribution in [3.63, 3.8) is 0 Å². The second-order valence-corrected chi connectivity index (χ2v) is 7.82. The van der Waals surface area contributed by atoms with Crippen molar-refractivity contribution in [2.45, 2.75) is 46.0 Å². The fourth-order valence-corrected chi connectivity index (χ4v) is 2.76. The summed E-state index contributed by atoms with van der Waals surface area (Å²) < 4.78 is 11.3. The molecule has 1 atom stereocenters. The molecule has 28 heavy (non-hydrogen) atoms. The van der Waals surface area contributed by atoms with Crippen LogP contribution in [0.25, 0.3) is 0 Å².